The van der Waals surface area contributed by atoms with Crippen molar-refractivity contribution in [3.05, 3.63) is 164 Å². The first kappa shape index (κ1) is 29.8. The van der Waals surface area contributed by atoms with Gasteiger partial charge in [0.1, 0.15) is 0 Å². The zero-order valence-corrected chi connectivity index (χ0v) is 26.2. The predicted molar refractivity (Wildman–Crippen MR) is 181 cm³/mol. The first-order valence-electron chi connectivity index (χ1n) is 14.5. The van der Waals surface area contributed by atoms with E-state index in [9.17, 15) is 0 Å². The van der Waals surface area contributed by atoms with Gasteiger partial charge in [0, 0.05) is 12.4 Å². The van der Waals surface area contributed by atoms with E-state index in [1.807, 2.05) is 30.6 Å². The largest absolute Gasteiger partial charge is 0.264 e. The summed E-state index contributed by atoms with van der Waals surface area (Å²) in [5.74, 6) is 0. The van der Waals surface area contributed by atoms with Crippen molar-refractivity contribution < 1.29 is 18.3 Å². The molecule has 1 nitrogen and oxygen atoms in total. The molecular weight excluding hydrogens is 616 g/mol. The fourth-order valence-electron chi connectivity index (χ4n) is 4.84. The third-order valence-corrected chi connectivity index (χ3v) is 10.6. The van der Waals surface area contributed by atoms with Gasteiger partial charge in [0.05, 0.1) is 0 Å². The number of allylic oxidation sites excluding steroid dienone is 4. The van der Waals surface area contributed by atoms with E-state index in [0.29, 0.717) is 0 Å². The molecule has 0 saturated carbocycles. The van der Waals surface area contributed by atoms with Crippen molar-refractivity contribution in [1.82, 2.24) is 4.98 Å². The number of nitrogens with zero attached hydrogens (tertiary/aromatic N) is 1. The van der Waals surface area contributed by atoms with Crippen molar-refractivity contribution >= 4 is 49.5 Å². The van der Waals surface area contributed by atoms with Crippen molar-refractivity contribution in [2.24, 2.45) is 0 Å². The third kappa shape index (κ3) is 8.20. The molecule has 0 bridgehead atoms. The van der Waals surface area contributed by atoms with Crippen LogP contribution >= 0.6 is 7.92 Å². The Hall–Kier alpha value is -3.70. The topological polar surface area (TPSA) is 12.9 Å². The molecule has 6 aromatic rings. The fraction of sp³-hybridized carbons (Fsp3) is 0.103. The molecule has 0 radical (unpaired) electrons. The van der Waals surface area contributed by atoms with Gasteiger partial charge in [-0.15, -0.1) is 0 Å². The van der Waals surface area contributed by atoms with Crippen molar-refractivity contribution in [1.29, 1.82) is 0 Å². The Balaban J connectivity index is 0.000000159. The van der Waals surface area contributed by atoms with Crippen LogP contribution in [0.15, 0.2) is 164 Å². The molecule has 3 heteroatoms. The van der Waals surface area contributed by atoms with Crippen LogP contribution < -0.4 is 20.1 Å². The summed E-state index contributed by atoms with van der Waals surface area (Å²) in [6.45, 7) is 0. The first-order chi connectivity index (χ1) is 20.8. The van der Waals surface area contributed by atoms with Crippen molar-refractivity contribution in [2.75, 3.05) is 0 Å². The number of rotatable bonds is 3. The van der Waals surface area contributed by atoms with Gasteiger partial charge in [0.25, 0.3) is 0 Å². The molecule has 7 rings (SSSR count). The maximum Gasteiger partial charge on any atom is 0.0346 e. The minimum atomic E-state index is -0.568. The minimum absolute atomic E-state index is 0.568. The van der Waals surface area contributed by atoms with E-state index in [2.05, 4.69) is 157 Å². The standard InChI is InChI=1S/C22H16P.C9H7N.C8H12.Rh/c1-3-11-20(12-4-1)23(21-13-5-2-6-14-21)22-16-15-18-9-7-8-10-19(18)17-22;1-2-4-9-7-10-6-5-8(9)3-1;1-2-4-6-8-7-5-3-1;/h1-16H;1-7H;1-2,7-8H,3-6H2;/b;;2-1-,8-7-;. The number of pyridine rings is 1. The molecule has 0 fully saturated rings. The van der Waals surface area contributed by atoms with Gasteiger partial charge >= 0.3 is 154 Å². The Kier molecular flexibility index (Phi) is 11.4. The number of benzene rings is 5. The van der Waals surface area contributed by atoms with E-state index < -0.39 is 7.92 Å². The van der Waals surface area contributed by atoms with Crippen molar-refractivity contribution in [3.63, 3.8) is 0 Å². The van der Waals surface area contributed by atoms with Crippen molar-refractivity contribution in [3.8, 4) is 0 Å². The van der Waals surface area contributed by atoms with E-state index in [1.165, 1.54) is 67.3 Å². The van der Waals surface area contributed by atoms with Crippen LogP contribution in [-0.4, -0.2) is 4.98 Å². The summed E-state index contributed by atoms with van der Waals surface area (Å²) in [4.78, 5) is 4.01. The van der Waals surface area contributed by atoms with E-state index in [0.717, 1.165) is 0 Å². The Morgan fingerprint density at radius 1 is 0.476 bits per heavy atom. The van der Waals surface area contributed by atoms with E-state index in [-0.39, 0.29) is 0 Å². The summed E-state index contributed by atoms with van der Waals surface area (Å²) in [6, 6.07) is 45.0. The zero-order valence-electron chi connectivity index (χ0n) is 23.6. The quantitative estimate of drug-likeness (QED) is 0.106. The van der Waals surface area contributed by atoms with Crippen LogP contribution in [-0.2, 0) is 18.3 Å². The van der Waals surface area contributed by atoms with E-state index in [4.69, 9.17) is 0 Å². The monoisotopic (exact) mass is 651 g/mol. The Morgan fingerprint density at radius 2 is 0.976 bits per heavy atom. The molecule has 0 N–H and O–H groups in total. The molecule has 5 aromatic carbocycles. The summed E-state index contributed by atoms with van der Waals surface area (Å²) >= 11 is 3.22. The van der Waals surface area contributed by atoms with Crippen LogP contribution in [0.25, 0.3) is 21.5 Å². The van der Waals surface area contributed by atoms with Gasteiger partial charge in [0.15, 0.2) is 0 Å². The van der Waals surface area contributed by atoms with Crippen LogP contribution in [0.2, 0.25) is 0 Å². The summed E-state index contributed by atoms with van der Waals surface area (Å²) in [5.41, 5.74) is 0. The smallest absolute Gasteiger partial charge is 0.0346 e. The Bertz CT molecular complexity index is 1610. The molecular formula is C39H35NPRh. The average molecular weight is 652 g/mol. The normalized spacial score (nSPS) is 14.1. The molecule has 210 valence electrons. The molecule has 0 unspecified atom stereocenters. The number of fused-ring (bicyclic) bond motifs is 2. The molecule has 0 spiro atoms. The summed E-state index contributed by atoms with van der Waals surface area (Å²) in [5, 5.41) is 9.20. The minimum Gasteiger partial charge on any atom is -0.264 e. The SMILES string of the molecule is C1=C\CC/C=C\CC/1.[Rh][c]1c(P(c2ccccc2)c2ccccc2)ccc2ccccc12.c1ccc2cnccc2c1. The molecule has 0 saturated heterocycles. The van der Waals surface area contributed by atoms with Crippen molar-refractivity contribution in [2.45, 2.75) is 25.7 Å². The Morgan fingerprint density at radius 3 is 1.55 bits per heavy atom. The van der Waals surface area contributed by atoms with Gasteiger partial charge in [-0.2, -0.15) is 0 Å². The average Bonchev–Trinajstić information content (AvgIpc) is 3.04. The van der Waals surface area contributed by atoms with Crippen LogP contribution in [0.3, 0.4) is 0 Å². The molecule has 42 heavy (non-hydrogen) atoms. The molecule has 1 aliphatic carbocycles. The first-order valence-corrected chi connectivity index (χ1v) is 16.6. The number of hydrogen-bond donors (Lipinski definition) is 0. The second-order valence-corrected chi connectivity index (χ2v) is 12.9. The summed E-state index contributed by atoms with van der Waals surface area (Å²) in [6.07, 6.45) is 17.7. The molecule has 0 atom stereocenters. The van der Waals surface area contributed by atoms with Gasteiger partial charge in [0.2, 0.25) is 0 Å². The van der Waals surface area contributed by atoms with Gasteiger partial charge in [-0.3, -0.25) is 4.98 Å². The van der Waals surface area contributed by atoms with Crippen LogP contribution in [0.1, 0.15) is 25.7 Å². The third-order valence-electron chi connectivity index (χ3n) is 6.97. The predicted octanol–water partition coefficient (Wildman–Crippen LogP) is 8.68. The van der Waals surface area contributed by atoms with Crippen LogP contribution in [0.4, 0.5) is 0 Å². The molecule has 0 amide bonds. The van der Waals surface area contributed by atoms with Gasteiger partial charge < -0.3 is 0 Å². The summed E-state index contributed by atoms with van der Waals surface area (Å²) in [7, 11) is -0.568. The maximum atomic E-state index is 4.01. The second kappa shape index (κ2) is 16.1. The van der Waals surface area contributed by atoms with Crippen LogP contribution in [0.5, 0.6) is 0 Å². The van der Waals surface area contributed by atoms with Gasteiger partial charge in [-0.05, 0) is 42.5 Å². The van der Waals surface area contributed by atoms with Crippen LogP contribution in [0, 0.1) is 0 Å². The maximum absolute atomic E-state index is 4.01. The zero-order chi connectivity index (χ0) is 28.8. The molecule has 0 aliphatic heterocycles. The number of aromatic nitrogens is 1. The Labute approximate surface area is 261 Å². The van der Waals surface area contributed by atoms with Gasteiger partial charge in [-0.1, -0.05) is 48.6 Å². The van der Waals surface area contributed by atoms with E-state index in [1.54, 1.807) is 0 Å². The summed E-state index contributed by atoms with van der Waals surface area (Å²) < 4.78 is 1.29. The van der Waals surface area contributed by atoms with Gasteiger partial charge in [-0.25, -0.2) is 0 Å². The number of hydrogen-bond acceptors (Lipinski definition) is 1. The molecule has 1 aromatic heterocycles. The second-order valence-electron chi connectivity index (χ2n) is 9.92. The van der Waals surface area contributed by atoms with E-state index >= 15 is 0 Å². The fourth-order valence-corrected chi connectivity index (χ4v) is 8.23. The molecule has 1 heterocycles. The molecule has 1 aliphatic rings.